The van der Waals surface area contributed by atoms with E-state index in [0.29, 0.717) is 42.2 Å². The minimum absolute atomic E-state index is 0.0603. The number of nitrogens with zero attached hydrogens (tertiary/aromatic N) is 3. The number of furan rings is 1. The summed E-state index contributed by atoms with van der Waals surface area (Å²) in [4.78, 5) is 31.7. The topological polar surface area (TPSA) is 77.6 Å². The smallest absolute Gasteiger partial charge is 0.262 e. The Hall–Kier alpha value is -2.58. The summed E-state index contributed by atoms with van der Waals surface area (Å²) in [6.45, 7) is 3.31. The summed E-state index contributed by atoms with van der Waals surface area (Å²) in [6.07, 6.45) is 0.690. The van der Waals surface area contributed by atoms with E-state index in [0.717, 1.165) is 11.5 Å². The molecular formula is C21H25N3O4S. The average Bonchev–Trinajstić information content (AvgIpc) is 3.12. The van der Waals surface area contributed by atoms with Gasteiger partial charge >= 0.3 is 0 Å². The Labute approximate surface area is 173 Å². The molecular weight excluding hydrogens is 390 g/mol. The van der Waals surface area contributed by atoms with Crippen molar-refractivity contribution in [2.75, 3.05) is 26.5 Å². The average molecular weight is 416 g/mol. The van der Waals surface area contributed by atoms with Gasteiger partial charge in [0.1, 0.15) is 11.5 Å². The number of carbonyl (C=O) groups is 1. The maximum absolute atomic E-state index is 12.9. The van der Waals surface area contributed by atoms with Crippen LogP contribution in [0.15, 0.2) is 50.8 Å². The highest BCUT2D eigenvalue weighted by Crippen LogP contribution is 2.19. The molecule has 0 spiro atoms. The summed E-state index contributed by atoms with van der Waals surface area (Å²) in [6, 6.07) is 11.0. The highest BCUT2D eigenvalue weighted by molar-refractivity contribution is 7.99. The quantitative estimate of drug-likeness (QED) is 0.304. The van der Waals surface area contributed by atoms with Crippen molar-refractivity contribution in [2.45, 2.75) is 31.6 Å². The van der Waals surface area contributed by atoms with Crippen molar-refractivity contribution in [1.82, 2.24) is 14.5 Å². The van der Waals surface area contributed by atoms with E-state index in [2.05, 4.69) is 4.98 Å². The number of amides is 1. The van der Waals surface area contributed by atoms with Crippen LogP contribution in [-0.4, -0.2) is 46.9 Å². The molecule has 0 bridgehead atoms. The van der Waals surface area contributed by atoms with Crippen molar-refractivity contribution < 1.29 is 13.9 Å². The van der Waals surface area contributed by atoms with Crippen molar-refractivity contribution in [2.24, 2.45) is 0 Å². The minimum atomic E-state index is -0.0962. The lowest BCUT2D eigenvalue weighted by Gasteiger charge is -2.17. The molecule has 0 aliphatic carbocycles. The third-order valence-electron chi connectivity index (χ3n) is 4.50. The van der Waals surface area contributed by atoms with Crippen molar-refractivity contribution in [3.63, 3.8) is 0 Å². The molecule has 7 nitrogen and oxygen atoms in total. The van der Waals surface area contributed by atoms with E-state index >= 15 is 0 Å². The van der Waals surface area contributed by atoms with Gasteiger partial charge in [0.25, 0.3) is 5.56 Å². The molecule has 0 saturated carbocycles. The Morgan fingerprint density at radius 2 is 2.07 bits per heavy atom. The first-order valence-corrected chi connectivity index (χ1v) is 10.4. The van der Waals surface area contributed by atoms with Gasteiger partial charge in [-0.2, -0.15) is 0 Å². The van der Waals surface area contributed by atoms with Gasteiger partial charge in [0.15, 0.2) is 5.16 Å². The van der Waals surface area contributed by atoms with Crippen molar-refractivity contribution >= 4 is 28.6 Å². The van der Waals surface area contributed by atoms with Crippen molar-refractivity contribution in [1.29, 1.82) is 0 Å². The number of thioether (sulfide) groups is 1. The Balaban J connectivity index is 1.76. The summed E-state index contributed by atoms with van der Waals surface area (Å²) in [7, 11) is 3.37. The van der Waals surface area contributed by atoms with Crippen LogP contribution in [0.25, 0.3) is 10.9 Å². The number of hydrogen-bond donors (Lipinski definition) is 0. The number of carbonyl (C=O) groups excluding carboxylic acids is 1. The normalized spacial score (nSPS) is 11.1. The van der Waals surface area contributed by atoms with E-state index in [1.165, 1.54) is 11.8 Å². The number of para-hydroxylation sites is 1. The van der Waals surface area contributed by atoms with Crippen LogP contribution in [0.1, 0.15) is 17.9 Å². The lowest BCUT2D eigenvalue weighted by atomic mass is 10.2. The van der Waals surface area contributed by atoms with E-state index in [1.807, 2.05) is 37.3 Å². The number of benzene rings is 1. The Morgan fingerprint density at radius 3 is 2.79 bits per heavy atom. The molecule has 3 rings (SSSR count). The van der Waals surface area contributed by atoms with Crippen LogP contribution in [0.5, 0.6) is 0 Å². The molecule has 29 heavy (non-hydrogen) atoms. The van der Waals surface area contributed by atoms with E-state index in [4.69, 9.17) is 9.15 Å². The highest BCUT2D eigenvalue weighted by atomic mass is 32.2. The summed E-state index contributed by atoms with van der Waals surface area (Å²) in [5, 5.41) is 1.12. The third kappa shape index (κ3) is 5.27. The number of ether oxygens (including phenoxy) is 1. The Morgan fingerprint density at radius 1 is 1.28 bits per heavy atom. The first-order valence-electron chi connectivity index (χ1n) is 9.40. The monoisotopic (exact) mass is 415 g/mol. The summed E-state index contributed by atoms with van der Waals surface area (Å²) in [5.74, 6) is 1.68. The molecule has 154 valence electrons. The number of fused-ring (bicyclic) bond motifs is 1. The molecule has 1 aromatic carbocycles. The second-order valence-electron chi connectivity index (χ2n) is 6.77. The molecule has 0 aliphatic rings. The fourth-order valence-electron chi connectivity index (χ4n) is 2.95. The fraction of sp³-hybridized carbons (Fsp3) is 0.381. The number of rotatable bonds is 9. The van der Waals surface area contributed by atoms with Gasteiger partial charge < -0.3 is 14.1 Å². The minimum Gasteiger partial charge on any atom is -0.464 e. The second-order valence-corrected chi connectivity index (χ2v) is 7.71. The van der Waals surface area contributed by atoms with Crippen LogP contribution < -0.4 is 5.56 Å². The van der Waals surface area contributed by atoms with Gasteiger partial charge in [0, 0.05) is 27.3 Å². The van der Waals surface area contributed by atoms with Gasteiger partial charge in [-0.1, -0.05) is 23.9 Å². The number of aromatic nitrogens is 2. The van der Waals surface area contributed by atoms with E-state index in [9.17, 15) is 9.59 Å². The zero-order chi connectivity index (χ0) is 20.8. The summed E-state index contributed by atoms with van der Waals surface area (Å²) in [5.41, 5.74) is 0.538. The molecule has 0 fully saturated rings. The molecule has 0 aliphatic heterocycles. The van der Waals surface area contributed by atoms with Crippen LogP contribution in [-0.2, 0) is 22.6 Å². The lowest BCUT2D eigenvalue weighted by molar-refractivity contribution is -0.127. The number of aryl methyl sites for hydroxylation is 1. The van der Waals surface area contributed by atoms with Gasteiger partial charge in [0.05, 0.1) is 23.2 Å². The first kappa shape index (κ1) is 21.1. The molecule has 2 heterocycles. The molecule has 0 N–H and O–H groups in total. The highest BCUT2D eigenvalue weighted by Gasteiger charge is 2.16. The molecule has 2 aromatic heterocycles. The van der Waals surface area contributed by atoms with Crippen molar-refractivity contribution in [3.8, 4) is 0 Å². The molecule has 3 aromatic rings. The van der Waals surface area contributed by atoms with Crippen LogP contribution in [0.3, 0.4) is 0 Å². The van der Waals surface area contributed by atoms with E-state index in [1.54, 1.807) is 29.7 Å². The van der Waals surface area contributed by atoms with Gasteiger partial charge in [0.2, 0.25) is 5.91 Å². The summed E-state index contributed by atoms with van der Waals surface area (Å²) >= 11 is 1.28. The molecule has 1 amide bonds. The largest absolute Gasteiger partial charge is 0.464 e. The van der Waals surface area contributed by atoms with E-state index in [-0.39, 0.29) is 17.2 Å². The van der Waals surface area contributed by atoms with Gasteiger partial charge in [-0.25, -0.2) is 4.98 Å². The summed E-state index contributed by atoms with van der Waals surface area (Å²) < 4.78 is 12.3. The molecule has 0 saturated heterocycles. The second kappa shape index (κ2) is 9.76. The van der Waals surface area contributed by atoms with Crippen molar-refractivity contribution in [3.05, 3.63) is 58.3 Å². The first-order chi connectivity index (χ1) is 14.0. The zero-order valence-corrected chi connectivity index (χ0v) is 17.7. The van der Waals surface area contributed by atoms with Crippen LogP contribution in [0, 0.1) is 6.92 Å². The van der Waals surface area contributed by atoms with E-state index < -0.39 is 0 Å². The Kier molecular flexibility index (Phi) is 7.11. The third-order valence-corrected chi connectivity index (χ3v) is 5.46. The molecule has 8 heteroatoms. The van der Waals surface area contributed by atoms with Crippen LogP contribution in [0.2, 0.25) is 0 Å². The predicted octanol–water partition coefficient (Wildman–Crippen LogP) is 3.09. The maximum Gasteiger partial charge on any atom is 0.262 e. The fourth-order valence-corrected chi connectivity index (χ4v) is 3.92. The van der Waals surface area contributed by atoms with Gasteiger partial charge in [-0.15, -0.1) is 0 Å². The predicted molar refractivity (Wildman–Crippen MR) is 113 cm³/mol. The maximum atomic E-state index is 12.9. The number of hydrogen-bond acceptors (Lipinski definition) is 6. The van der Waals surface area contributed by atoms with Gasteiger partial charge in [-0.05, 0) is 37.6 Å². The zero-order valence-electron chi connectivity index (χ0n) is 16.9. The molecule has 0 atom stereocenters. The van der Waals surface area contributed by atoms with Crippen LogP contribution >= 0.6 is 11.8 Å². The van der Waals surface area contributed by atoms with Gasteiger partial charge in [-0.3, -0.25) is 14.2 Å². The lowest BCUT2D eigenvalue weighted by Crippen LogP contribution is -2.29. The number of methoxy groups -OCH3 is 1. The van der Waals surface area contributed by atoms with Crippen LogP contribution in [0.4, 0.5) is 0 Å². The molecule has 0 unspecified atom stereocenters. The standard InChI is InChI=1S/C21H25N3O4S/c1-15-9-10-16(28-15)13-23(2)19(25)14-29-21-22-18-8-5-4-7-17(18)20(26)24(21)11-6-12-27-3/h4-5,7-10H,6,11-14H2,1-3H3. The molecule has 0 radical (unpaired) electrons. The Bertz CT molecular complexity index is 1040. The SMILES string of the molecule is COCCCn1c(SCC(=O)N(C)Cc2ccc(C)o2)nc2ccccc2c1=O.